The van der Waals surface area contributed by atoms with Crippen LogP contribution in [0.25, 0.3) is 0 Å². The van der Waals surface area contributed by atoms with E-state index in [9.17, 15) is 19.2 Å². The van der Waals surface area contributed by atoms with Gasteiger partial charge in [-0.2, -0.15) is 0 Å². The standard InChI is InChI=1S/C14H12O8/c15-6-19-11-4-10(22-14(18)9-2-1-3-9)5-12(20-7-16)13(11)21-8-17/h4-9H,1-3H2. The maximum absolute atomic E-state index is 11.8. The molecule has 1 aliphatic rings. The molecule has 0 spiro atoms. The Labute approximate surface area is 124 Å². The average Bonchev–Trinajstić information content (AvgIpc) is 2.41. The van der Waals surface area contributed by atoms with Crippen LogP contribution in [0.2, 0.25) is 0 Å². The Hall–Kier alpha value is -2.90. The lowest BCUT2D eigenvalue weighted by Crippen LogP contribution is -2.26. The molecule has 1 aromatic rings. The van der Waals surface area contributed by atoms with Gasteiger partial charge >= 0.3 is 5.97 Å². The number of carbonyl (C=O) groups excluding carboxylic acids is 4. The van der Waals surface area contributed by atoms with E-state index in [0.29, 0.717) is 0 Å². The number of esters is 1. The second-order valence-electron chi connectivity index (χ2n) is 4.44. The number of benzene rings is 1. The lowest BCUT2D eigenvalue weighted by Gasteiger charge is -2.23. The second kappa shape index (κ2) is 7.21. The van der Waals surface area contributed by atoms with Crippen LogP contribution in [0.4, 0.5) is 0 Å². The van der Waals surface area contributed by atoms with Gasteiger partial charge in [-0.1, -0.05) is 6.42 Å². The van der Waals surface area contributed by atoms with Gasteiger partial charge in [0.25, 0.3) is 19.4 Å². The molecule has 0 aromatic heterocycles. The number of ether oxygens (including phenoxy) is 4. The smallest absolute Gasteiger partial charge is 0.314 e. The molecule has 0 unspecified atom stereocenters. The van der Waals surface area contributed by atoms with Crippen molar-refractivity contribution < 1.29 is 38.1 Å². The predicted molar refractivity (Wildman–Crippen MR) is 69.5 cm³/mol. The fraction of sp³-hybridized carbons (Fsp3) is 0.286. The zero-order valence-corrected chi connectivity index (χ0v) is 11.4. The number of hydrogen-bond donors (Lipinski definition) is 0. The first-order valence-electron chi connectivity index (χ1n) is 6.40. The Balaban J connectivity index is 2.32. The fourth-order valence-electron chi connectivity index (χ4n) is 1.90. The predicted octanol–water partition coefficient (Wildman–Crippen LogP) is 0.998. The van der Waals surface area contributed by atoms with E-state index in [-0.39, 0.29) is 48.3 Å². The van der Waals surface area contributed by atoms with E-state index < -0.39 is 5.97 Å². The monoisotopic (exact) mass is 308 g/mol. The van der Waals surface area contributed by atoms with Crippen LogP contribution >= 0.6 is 0 Å². The van der Waals surface area contributed by atoms with Gasteiger partial charge in [-0.15, -0.1) is 0 Å². The molecular weight excluding hydrogens is 296 g/mol. The Morgan fingerprint density at radius 1 is 0.955 bits per heavy atom. The van der Waals surface area contributed by atoms with Crippen molar-refractivity contribution in [2.75, 3.05) is 0 Å². The summed E-state index contributed by atoms with van der Waals surface area (Å²) in [5, 5.41) is 0. The highest BCUT2D eigenvalue weighted by Gasteiger charge is 2.28. The zero-order valence-electron chi connectivity index (χ0n) is 11.4. The van der Waals surface area contributed by atoms with E-state index in [1.165, 1.54) is 12.1 Å². The van der Waals surface area contributed by atoms with E-state index in [0.717, 1.165) is 19.3 Å². The molecule has 0 heterocycles. The van der Waals surface area contributed by atoms with Crippen LogP contribution in [0, 0.1) is 5.92 Å². The first-order valence-corrected chi connectivity index (χ1v) is 6.40. The summed E-state index contributed by atoms with van der Waals surface area (Å²) in [6.07, 6.45) is 2.46. The van der Waals surface area contributed by atoms with Gasteiger partial charge in [0.2, 0.25) is 5.75 Å². The summed E-state index contributed by atoms with van der Waals surface area (Å²) in [4.78, 5) is 43.3. The molecule has 116 valence electrons. The van der Waals surface area contributed by atoms with Crippen molar-refractivity contribution in [3.8, 4) is 23.0 Å². The Bertz CT molecular complexity index is 560. The van der Waals surface area contributed by atoms with Crippen molar-refractivity contribution in [3.05, 3.63) is 12.1 Å². The van der Waals surface area contributed by atoms with Gasteiger partial charge in [-0.05, 0) is 12.8 Å². The van der Waals surface area contributed by atoms with E-state index in [4.69, 9.17) is 4.74 Å². The van der Waals surface area contributed by atoms with Gasteiger partial charge in [-0.25, -0.2) is 0 Å². The van der Waals surface area contributed by atoms with Gasteiger partial charge in [0.15, 0.2) is 11.5 Å². The largest absolute Gasteiger partial charge is 0.426 e. The third-order valence-electron chi connectivity index (χ3n) is 3.17. The SMILES string of the molecule is O=COc1cc(OC(=O)C2CCC2)cc(OC=O)c1OC=O. The van der Waals surface area contributed by atoms with Gasteiger partial charge < -0.3 is 18.9 Å². The Morgan fingerprint density at radius 3 is 1.91 bits per heavy atom. The van der Waals surface area contributed by atoms with E-state index >= 15 is 0 Å². The molecule has 0 N–H and O–H groups in total. The third-order valence-corrected chi connectivity index (χ3v) is 3.17. The van der Waals surface area contributed by atoms with Gasteiger partial charge in [0.1, 0.15) is 5.75 Å². The minimum Gasteiger partial charge on any atom is -0.426 e. The molecule has 0 radical (unpaired) electrons. The summed E-state index contributed by atoms with van der Waals surface area (Å²) in [7, 11) is 0. The van der Waals surface area contributed by atoms with Gasteiger partial charge in [-0.3, -0.25) is 19.2 Å². The first-order chi connectivity index (χ1) is 10.7. The van der Waals surface area contributed by atoms with Crippen molar-refractivity contribution in [1.29, 1.82) is 0 Å². The lowest BCUT2D eigenvalue weighted by atomic mass is 9.86. The topological polar surface area (TPSA) is 105 Å². The molecule has 1 fully saturated rings. The zero-order chi connectivity index (χ0) is 15.9. The second-order valence-corrected chi connectivity index (χ2v) is 4.44. The maximum Gasteiger partial charge on any atom is 0.314 e. The summed E-state index contributed by atoms with van der Waals surface area (Å²) in [6, 6.07) is 2.36. The molecule has 0 saturated heterocycles. The van der Waals surface area contributed by atoms with Crippen molar-refractivity contribution in [2.24, 2.45) is 5.92 Å². The first kappa shape index (κ1) is 15.5. The lowest BCUT2D eigenvalue weighted by molar-refractivity contribution is -0.141. The highest BCUT2D eigenvalue weighted by Crippen LogP contribution is 2.41. The van der Waals surface area contributed by atoms with E-state index in [1.54, 1.807) is 0 Å². The van der Waals surface area contributed by atoms with Crippen LogP contribution < -0.4 is 18.9 Å². The minimum absolute atomic E-state index is 0.00356. The molecule has 0 bridgehead atoms. The van der Waals surface area contributed by atoms with Crippen LogP contribution in [0.15, 0.2) is 12.1 Å². The maximum atomic E-state index is 11.8. The highest BCUT2D eigenvalue weighted by molar-refractivity contribution is 5.77. The Kier molecular flexibility index (Phi) is 5.07. The molecule has 8 nitrogen and oxygen atoms in total. The summed E-state index contributed by atoms with van der Waals surface area (Å²) in [5.41, 5.74) is 0. The van der Waals surface area contributed by atoms with Crippen molar-refractivity contribution in [3.63, 3.8) is 0 Å². The molecule has 1 saturated carbocycles. The summed E-state index contributed by atoms with van der Waals surface area (Å²) in [5.74, 6) is -1.32. The van der Waals surface area contributed by atoms with E-state index in [2.05, 4.69) is 14.2 Å². The summed E-state index contributed by atoms with van der Waals surface area (Å²) < 4.78 is 19.1. The van der Waals surface area contributed by atoms with Crippen LogP contribution in [0.1, 0.15) is 19.3 Å². The summed E-state index contributed by atoms with van der Waals surface area (Å²) in [6.45, 7) is 0.259. The van der Waals surface area contributed by atoms with E-state index in [1.807, 2.05) is 0 Å². The molecule has 1 aliphatic carbocycles. The molecular formula is C14H12O8. The molecule has 8 heteroatoms. The normalized spacial score (nSPS) is 13.5. The van der Waals surface area contributed by atoms with Gasteiger partial charge in [0.05, 0.1) is 5.92 Å². The van der Waals surface area contributed by atoms with Crippen LogP contribution in [0.3, 0.4) is 0 Å². The molecule has 0 aliphatic heterocycles. The fourth-order valence-corrected chi connectivity index (χ4v) is 1.90. The Morgan fingerprint density at radius 2 is 1.50 bits per heavy atom. The minimum atomic E-state index is -0.426. The molecule has 2 rings (SSSR count). The average molecular weight is 308 g/mol. The number of rotatable bonds is 8. The van der Waals surface area contributed by atoms with Gasteiger partial charge in [0, 0.05) is 12.1 Å². The summed E-state index contributed by atoms with van der Waals surface area (Å²) >= 11 is 0. The molecule has 0 atom stereocenters. The van der Waals surface area contributed by atoms with Crippen molar-refractivity contribution in [1.82, 2.24) is 0 Å². The number of hydrogen-bond acceptors (Lipinski definition) is 8. The highest BCUT2D eigenvalue weighted by atomic mass is 16.6. The molecule has 1 aromatic carbocycles. The molecule has 0 amide bonds. The van der Waals surface area contributed by atoms with Crippen LogP contribution in [-0.2, 0) is 19.2 Å². The van der Waals surface area contributed by atoms with Crippen molar-refractivity contribution in [2.45, 2.75) is 19.3 Å². The van der Waals surface area contributed by atoms with Crippen LogP contribution in [0.5, 0.6) is 23.0 Å². The quantitative estimate of drug-likeness (QED) is 0.398. The third kappa shape index (κ3) is 3.40. The molecule has 22 heavy (non-hydrogen) atoms. The van der Waals surface area contributed by atoms with Crippen molar-refractivity contribution >= 4 is 25.4 Å². The number of carbonyl (C=O) groups is 4. The van der Waals surface area contributed by atoms with Crippen LogP contribution in [-0.4, -0.2) is 25.4 Å².